The topological polar surface area (TPSA) is 127 Å². The van der Waals surface area contributed by atoms with Crippen LogP contribution in [-0.2, 0) is 0 Å². The Morgan fingerprint density at radius 2 is 1.83 bits per heavy atom. The van der Waals surface area contributed by atoms with Crippen molar-refractivity contribution in [3.63, 3.8) is 0 Å². The monoisotopic (exact) mass is 311 g/mol. The molecule has 5 N–H and O–H groups in total. The van der Waals surface area contributed by atoms with Crippen LogP contribution in [0.25, 0.3) is 0 Å². The van der Waals surface area contributed by atoms with E-state index >= 15 is 0 Å². The number of aromatic nitrogens is 4. The third kappa shape index (κ3) is 1.95. The Bertz CT molecular complexity index is 1010. The molecule has 8 nitrogen and oxygen atoms in total. The van der Waals surface area contributed by atoms with Crippen LogP contribution in [0.5, 0.6) is 5.75 Å². The molecule has 0 radical (unpaired) electrons. The number of phenols is 1. The third-order valence-electron chi connectivity index (χ3n) is 4.02. The molecule has 0 saturated heterocycles. The average molecular weight is 311 g/mol. The van der Waals surface area contributed by atoms with Gasteiger partial charge in [0, 0.05) is 17.2 Å². The van der Waals surface area contributed by atoms with E-state index < -0.39 is 17.2 Å². The first kappa shape index (κ1) is 13.4. The van der Waals surface area contributed by atoms with E-state index in [1.54, 1.807) is 24.3 Å². The van der Waals surface area contributed by atoms with Crippen LogP contribution in [0, 0.1) is 6.92 Å². The maximum absolute atomic E-state index is 12.4. The first-order chi connectivity index (χ1) is 11.0. The predicted octanol–water partition coefficient (Wildman–Crippen LogP) is 1.04. The van der Waals surface area contributed by atoms with Gasteiger partial charge in [-0.05, 0) is 24.6 Å². The van der Waals surface area contributed by atoms with Crippen molar-refractivity contribution in [2.75, 3.05) is 5.32 Å². The summed E-state index contributed by atoms with van der Waals surface area (Å²) in [6, 6.07) is 6.61. The van der Waals surface area contributed by atoms with Gasteiger partial charge in [0.05, 0.1) is 5.56 Å². The summed E-state index contributed by atoms with van der Waals surface area (Å²) in [4.78, 5) is 28.8. The minimum atomic E-state index is -0.582. The third-order valence-corrected chi connectivity index (χ3v) is 4.02. The number of fused-ring (bicyclic) bond motifs is 2. The van der Waals surface area contributed by atoms with Crippen molar-refractivity contribution >= 4 is 11.6 Å². The molecule has 0 amide bonds. The fourth-order valence-electron chi connectivity index (χ4n) is 3.02. The summed E-state index contributed by atoms with van der Waals surface area (Å²) in [6.07, 6.45) is 0. The molecular weight excluding hydrogens is 298 g/mol. The maximum atomic E-state index is 12.4. The highest BCUT2D eigenvalue weighted by molar-refractivity contribution is 5.71. The van der Waals surface area contributed by atoms with Crippen molar-refractivity contribution in [2.45, 2.75) is 12.8 Å². The normalized spacial score (nSPS) is 15.6. The van der Waals surface area contributed by atoms with Gasteiger partial charge >= 0.3 is 5.69 Å². The van der Waals surface area contributed by atoms with Gasteiger partial charge in [-0.25, -0.2) is 4.79 Å². The number of aryl methyl sites for hydroxylation is 1. The van der Waals surface area contributed by atoms with E-state index in [9.17, 15) is 14.7 Å². The summed E-state index contributed by atoms with van der Waals surface area (Å²) < 4.78 is 0. The van der Waals surface area contributed by atoms with E-state index in [2.05, 4.69) is 25.5 Å². The molecule has 1 aliphatic rings. The predicted molar refractivity (Wildman–Crippen MR) is 83.3 cm³/mol. The Morgan fingerprint density at radius 1 is 1.09 bits per heavy atom. The maximum Gasteiger partial charge on any atom is 0.327 e. The molecule has 0 saturated carbocycles. The van der Waals surface area contributed by atoms with Crippen molar-refractivity contribution in [3.05, 3.63) is 67.5 Å². The lowest BCUT2D eigenvalue weighted by atomic mass is 9.83. The molecular formula is C15H13N5O3. The Balaban J connectivity index is 2.04. The summed E-state index contributed by atoms with van der Waals surface area (Å²) in [5.41, 5.74) is 1.84. The van der Waals surface area contributed by atoms with E-state index in [4.69, 9.17) is 0 Å². The van der Waals surface area contributed by atoms with Gasteiger partial charge < -0.3 is 10.4 Å². The SMILES string of the molecule is Cc1[nH]nc2c1C(c1ccc(O)cc1)c1c([nH]c(=O)[nH]c1=O)N2. The number of nitrogens with zero attached hydrogens (tertiary/aromatic N) is 1. The number of hydrogen-bond donors (Lipinski definition) is 5. The van der Waals surface area contributed by atoms with Gasteiger partial charge in [-0.1, -0.05) is 12.1 Å². The highest BCUT2D eigenvalue weighted by Crippen LogP contribution is 2.42. The second kappa shape index (κ2) is 4.60. The van der Waals surface area contributed by atoms with Gasteiger partial charge in [0.15, 0.2) is 5.82 Å². The van der Waals surface area contributed by atoms with E-state index in [0.29, 0.717) is 17.2 Å². The molecule has 3 heterocycles. The zero-order chi connectivity index (χ0) is 16.1. The van der Waals surface area contributed by atoms with Crippen LogP contribution < -0.4 is 16.6 Å². The number of phenolic OH excluding ortho intramolecular Hbond substituents is 1. The molecule has 1 aliphatic heterocycles. The fourth-order valence-corrected chi connectivity index (χ4v) is 3.02. The summed E-state index contributed by atoms with van der Waals surface area (Å²) in [5.74, 6) is 0.633. The number of nitrogens with one attached hydrogen (secondary N) is 4. The lowest BCUT2D eigenvalue weighted by Crippen LogP contribution is -2.31. The van der Waals surface area contributed by atoms with Crippen LogP contribution in [0.15, 0.2) is 33.9 Å². The second-order valence-corrected chi connectivity index (χ2v) is 5.46. The first-order valence-corrected chi connectivity index (χ1v) is 7.02. The van der Waals surface area contributed by atoms with Gasteiger partial charge in [-0.3, -0.25) is 19.9 Å². The zero-order valence-corrected chi connectivity index (χ0v) is 12.1. The summed E-state index contributed by atoms with van der Waals surface area (Å²) in [7, 11) is 0. The van der Waals surface area contributed by atoms with Crippen molar-refractivity contribution < 1.29 is 5.11 Å². The van der Waals surface area contributed by atoms with Crippen molar-refractivity contribution in [1.82, 2.24) is 20.2 Å². The molecule has 4 rings (SSSR count). The molecule has 0 bridgehead atoms. The molecule has 0 aliphatic carbocycles. The highest BCUT2D eigenvalue weighted by atomic mass is 16.3. The molecule has 1 aromatic carbocycles. The number of H-pyrrole nitrogens is 3. The Hall–Kier alpha value is -3.29. The molecule has 1 unspecified atom stereocenters. The molecule has 3 aromatic rings. The van der Waals surface area contributed by atoms with Gasteiger partial charge in [-0.2, -0.15) is 5.10 Å². The standard InChI is InChI=1S/C15H13N5O3/c1-6-9-10(7-2-4-8(21)5-3-7)11-12(16-13(9)20-19-6)17-15(23)18-14(11)22/h2-5,10,21H,1H3,(H4,16,17,18,19,20,22,23). The molecule has 0 spiro atoms. The lowest BCUT2D eigenvalue weighted by Gasteiger charge is -2.25. The van der Waals surface area contributed by atoms with Crippen LogP contribution in [-0.4, -0.2) is 25.3 Å². The van der Waals surface area contributed by atoms with Crippen LogP contribution in [0.1, 0.15) is 28.3 Å². The summed E-state index contributed by atoms with van der Waals surface area (Å²) in [6.45, 7) is 1.87. The Labute approximate surface area is 129 Å². The number of anilines is 2. The largest absolute Gasteiger partial charge is 0.508 e. The Morgan fingerprint density at radius 3 is 2.57 bits per heavy atom. The minimum absolute atomic E-state index is 0.141. The number of benzene rings is 1. The quantitative estimate of drug-likeness (QED) is 0.359. The van der Waals surface area contributed by atoms with Gasteiger partial charge in [0.1, 0.15) is 11.6 Å². The van der Waals surface area contributed by atoms with Crippen molar-refractivity contribution in [1.29, 1.82) is 0 Å². The van der Waals surface area contributed by atoms with Gasteiger partial charge in [-0.15, -0.1) is 0 Å². The molecule has 23 heavy (non-hydrogen) atoms. The highest BCUT2D eigenvalue weighted by Gasteiger charge is 2.33. The number of rotatable bonds is 1. The smallest absolute Gasteiger partial charge is 0.327 e. The summed E-state index contributed by atoms with van der Waals surface area (Å²) in [5, 5.41) is 19.6. The summed E-state index contributed by atoms with van der Waals surface area (Å²) >= 11 is 0. The van der Waals surface area contributed by atoms with Crippen LogP contribution >= 0.6 is 0 Å². The second-order valence-electron chi connectivity index (χ2n) is 5.46. The van der Waals surface area contributed by atoms with Crippen LogP contribution in [0.3, 0.4) is 0 Å². The lowest BCUT2D eigenvalue weighted by molar-refractivity contribution is 0.475. The van der Waals surface area contributed by atoms with E-state index in [-0.39, 0.29) is 5.75 Å². The number of aromatic amines is 3. The van der Waals surface area contributed by atoms with Gasteiger partial charge in [0.2, 0.25) is 0 Å². The molecule has 116 valence electrons. The number of hydrogen-bond acceptors (Lipinski definition) is 5. The first-order valence-electron chi connectivity index (χ1n) is 7.02. The van der Waals surface area contributed by atoms with E-state index in [0.717, 1.165) is 16.8 Å². The fraction of sp³-hybridized carbons (Fsp3) is 0.133. The zero-order valence-electron chi connectivity index (χ0n) is 12.1. The molecule has 1 atom stereocenters. The molecule has 0 fully saturated rings. The van der Waals surface area contributed by atoms with Crippen LogP contribution in [0.4, 0.5) is 11.6 Å². The minimum Gasteiger partial charge on any atom is -0.508 e. The number of aromatic hydroxyl groups is 1. The van der Waals surface area contributed by atoms with Crippen molar-refractivity contribution in [3.8, 4) is 5.75 Å². The Kier molecular flexibility index (Phi) is 2.68. The van der Waals surface area contributed by atoms with Gasteiger partial charge in [0.25, 0.3) is 5.56 Å². The van der Waals surface area contributed by atoms with Crippen molar-refractivity contribution in [2.24, 2.45) is 0 Å². The molecule has 2 aromatic heterocycles. The average Bonchev–Trinajstić information content (AvgIpc) is 2.87. The van der Waals surface area contributed by atoms with E-state index in [1.165, 1.54) is 0 Å². The molecule has 8 heteroatoms. The van der Waals surface area contributed by atoms with E-state index in [1.807, 2.05) is 6.92 Å². The van der Waals surface area contributed by atoms with Crippen LogP contribution in [0.2, 0.25) is 0 Å².